The second-order valence-electron chi connectivity index (χ2n) is 4.84. The molecule has 1 aliphatic rings. The van der Waals surface area contributed by atoms with Crippen LogP contribution in [0.3, 0.4) is 0 Å². The third kappa shape index (κ3) is 3.58. The summed E-state index contributed by atoms with van der Waals surface area (Å²) in [6.45, 7) is 0.927. The van der Waals surface area contributed by atoms with E-state index in [4.69, 9.17) is 16.3 Å². The highest BCUT2D eigenvalue weighted by Crippen LogP contribution is 2.34. The summed E-state index contributed by atoms with van der Waals surface area (Å²) < 4.78 is 42.4. The van der Waals surface area contributed by atoms with Gasteiger partial charge in [0.1, 0.15) is 5.82 Å². The average Bonchev–Trinajstić information content (AvgIpc) is 2.45. The Kier molecular flexibility index (Phi) is 4.61. The molecule has 1 aromatic rings. The zero-order valence-corrected chi connectivity index (χ0v) is 12.0. The van der Waals surface area contributed by atoms with Crippen molar-refractivity contribution < 1.29 is 22.7 Å². The van der Waals surface area contributed by atoms with Gasteiger partial charge in [0.15, 0.2) is 0 Å². The third-order valence-corrected chi connectivity index (χ3v) is 3.68. The summed E-state index contributed by atoms with van der Waals surface area (Å²) in [5, 5.41) is -0.0738. The van der Waals surface area contributed by atoms with E-state index in [1.54, 1.807) is 4.90 Å². The molecule has 0 aromatic carbocycles. The molecule has 1 unspecified atom stereocenters. The van der Waals surface area contributed by atoms with Gasteiger partial charge in [-0.15, -0.1) is 0 Å². The highest BCUT2D eigenvalue weighted by molar-refractivity contribution is 6.33. The van der Waals surface area contributed by atoms with E-state index in [2.05, 4.69) is 4.98 Å². The Balaban J connectivity index is 2.20. The Bertz CT molecular complexity index is 537. The third-order valence-electron chi connectivity index (χ3n) is 3.40. The summed E-state index contributed by atoms with van der Waals surface area (Å²) in [6, 6.07) is 0.853. The molecule has 0 saturated carbocycles. The number of alkyl halides is 3. The van der Waals surface area contributed by atoms with Gasteiger partial charge in [0.2, 0.25) is 0 Å². The molecule has 1 saturated heterocycles. The van der Waals surface area contributed by atoms with Gasteiger partial charge < -0.3 is 9.64 Å². The summed E-state index contributed by atoms with van der Waals surface area (Å²) in [5.74, 6) is -0.384. The van der Waals surface area contributed by atoms with Crippen molar-refractivity contribution >= 4 is 23.4 Å². The maximum absolute atomic E-state index is 12.6. The van der Waals surface area contributed by atoms with Crippen LogP contribution in [0.1, 0.15) is 18.4 Å². The molecule has 0 aliphatic carbocycles. The van der Waals surface area contributed by atoms with Crippen LogP contribution in [-0.4, -0.2) is 31.2 Å². The number of esters is 1. The molecule has 2 heterocycles. The van der Waals surface area contributed by atoms with Crippen molar-refractivity contribution in [3.8, 4) is 0 Å². The van der Waals surface area contributed by atoms with E-state index in [1.165, 1.54) is 7.11 Å². The van der Waals surface area contributed by atoms with Crippen LogP contribution in [0.15, 0.2) is 12.3 Å². The molecular formula is C13H14ClF3N2O2. The first kappa shape index (κ1) is 15.9. The zero-order chi connectivity index (χ0) is 15.6. The van der Waals surface area contributed by atoms with Crippen LogP contribution in [0.25, 0.3) is 0 Å². The standard InChI is InChI=1S/C13H14ClF3N2O2/c1-21-12(20)8-3-2-4-19(7-8)11-10(14)5-9(6-18-11)13(15,16)17/h5-6,8H,2-4,7H2,1H3. The van der Waals surface area contributed by atoms with Crippen molar-refractivity contribution in [1.29, 1.82) is 0 Å². The smallest absolute Gasteiger partial charge is 0.417 e. The number of nitrogens with zero attached hydrogens (tertiary/aromatic N) is 2. The van der Waals surface area contributed by atoms with E-state index in [0.29, 0.717) is 19.5 Å². The Hall–Kier alpha value is -1.50. The number of anilines is 1. The van der Waals surface area contributed by atoms with Gasteiger partial charge >= 0.3 is 12.1 Å². The largest absolute Gasteiger partial charge is 0.469 e. The SMILES string of the molecule is COC(=O)C1CCCN(c2ncc(C(F)(F)F)cc2Cl)C1. The number of aromatic nitrogens is 1. The molecule has 0 N–H and O–H groups in total. The molecule has 8 heteroatoms. The summed E-state index contributed by atoms with van der Waals surface area (Å²) in [4.78, 5) is 17.1. The molecule has 2 rings (SSSR count). The van der Waals surface area contributed by atoms with Crippen LogP contribution in [0.5, 0.6) is 0 Å². The van der Waals surface area contributed by atoms with Gasteiger partial charge in [-0.25, -0.2) is 4.98 Å². The minimum absolute atomic E-state index is 0.0738. The van der Waals surface area contributed by atoms with Crippen LogP contribution >= 0.6 is 11.6 Å². The highest BCUT2D eigenvalue weighted by Gasteiger charge is 2.33. The number of hydrogen-bond acceptors (Lipinski definition) is 4. The van der Waals surface area contributed by atoms with Gasteiger partial charge in [0.25, 0.3) is 0 Å². The normalized spacial score (nSPS) is 19.5. The number of pyridine rings is 1. The average molecular weight is 323 g/mol. The van der Waals surface area contributed by atoms with Crippen molar-refractivity contribution in [2.45, 2.75) is 19.0 Å². The molecule has 1 fully saturated rings. The minimum Gasteiger partial charge on any atom is -0.469 e. The van der Waals surface area contributed by atoms with E-state index in [9.17, 15) is 18.0 Å². The first-order valence-electron chi connectivity index (χ1n) is 6.38. The summed E-state index contributed by atoms with van der Waals surface area (Å²) in [5.41, 5.74) is -0.891. The predicted molar refractivity (Wildman–Crippen MR) is 71.2 cm³/mol. The van der Waals surface area contributed by atoms with Crippen LogP contribution in [0, 0.1) is 5.92 Å². The van der Waals surface area contributed by atoms with Crippen molar-refractivity contribution in [2.24, 2.45) is 5.92 Å². The van der Waals surface area contributed by atoms with Crippen LogP contribution < -0.4 is 4.90 Å². The number of methoxy groups -OCH3 is 1. The van der Waals surface area contributed by atoms with Crippen LogP contribution in [0.4, 0.5) is 19.0 Å². The molecule has 0 spiro atoms. The molecule has 0 bridgehead atoms. The summed E-state index contributed by atoms with van der Waals surface area (Å²) in [7, 11) is 1.31. The summed E-state index contributed by atoms with van der Waals surface area (Å²) >= 11 is 5.91. The second kappa shape index (κ2) is 6.09. The number of hydrogen-bond donors (Lipinski definition) is 0. The Labute approximate surface area is 124 Å². The van der Waals surface area contributed by atoms with E-state index in [0.717, 1.165) is 18.7 Å². The molecule has 1 aliphatic heterocycles. The number of piperidine rings is 1. The molecular weight excluding hydrogens is 309 g/mol. The first-order valence-corrected chi connectivity index (χ1v) is 6.76. The maximum atomic E-state index is 12.6. The predicted octanol–water partition coefficient (Wildman–Crippen LogP) is 3.14. The van der Waals surface area contributed by atoms with Crippen molar-refractivity contribution in [1.82, 2.24) is 4.98 Å². The van der Waals surface area contributed by atoms with Crippen LogP contribution in [-0.2, 0) is 15.7 Å². The van der Waals surface area contributed by atoms with Gasteiger partial charge in [0, 0.05) is 19.3 Å². The maximum Gasteiger partial charge on any atom is 0.417 e. The number of carbonyl (C=O) groups is 1. The molecule has 21 heavy (non-hydrogen) atoms. The van der Waals surface area contributed by atoms with Crippen molar-refractivity contribution in [3.05, 3.63) is 22.8 Å². The molecule has 4 nitrogen and oxygen atoms in total. The zero-order valence-electron chi connectivity index (χ0n) is 11.3. The lowest BCUT2D eigenvalue weighted by molar-refractivity contribution is -0.145. The Morgan fingerprint density at radius 3 is 2.81 bits per heavy atom. The monoisotopic (exact) mass is 322 g/mol. The van der Waals surface area contributed by atoms with Gasteiger partial charge in [-0.3, -0.25) is 4.79 Å². The Morgan fingerprint density at radius 1 is 1.52 bits per heavy atom. The molecule has 1 aromatic heterocycles. The lowest BCUT2D eigenvalue weighted by atomic mass is 9.98. The van der Waals surface area contributed by atoms with E-state index in [-0.39, 0.29) is 22.7 Å². The number of halogens is 4. The fraction of sp³-hybridized carbons (Fsp3) is 0.538. The quantitative estimate of drug-likeness (QED) is 0.785. The van der Waals surface area contributed by atoms with Gasteiger partial charge in [-0.1, -0.05) is 11.6 Å². The van der Waals surface area contributed by atoms with E-state index >= 15 is 0 Å². The van der Waals surface area contributed by atoms with Gasteiger partial charge in [0.05, 0.1) is 23.6 Å². The molecule has 116 valence electrons. The molecule has 0 radical (unpaired) electrons. The number of carbonyl (C=O) groups excluding carboxylic acids is 1. The van der Waals surface area contributed by atoms with Gasteiger partial charge in [-0.05, 0) is 18.9 Å². The minimum atomic E-state index is -4.48. The van der Waals surface area contributed by atoms with E-state index < -0.39 is 11.7 Å². The topological polar surface area (TPSA) is 42.4 Å². The molecule has 1 atom stereocenters. The highest BCUT2D eigenvalue weighted by atomic mass is 35.5. The lowest BCUT2D eigenvalue weighted by Crippen LogP contribution is -2.39. The second-order valence-corrected chi connectivity index (χ2v) is 5.24. The first-order chi connectivity index (χ1) is 9.82. The fourth-order valence-corrected chi connectivity index (χ4v) is 2.63. The fourth-order valence-electron chi connectivity index (χ4n) is 2.35. The lowest BCUT2D eigenvalue weighted by Gasteiger charge is -2.32. The number of rotatable bonds is 2. The summed E-state index contributed by atoms with van der Waals surface area (Å²) in [6.07, 6.45) is -2.32. The van der Waals surface area contributed by atoms with Crippen molar-refractivity contribution in [2.75, 3.05) is 25.1 Å². The van der Waals surface area contributed by atoms with Gasteiger partial charge in [-0.2, -0.15) is 13.2 Å². The molecule has 0 amide bonds. The Morgan fingerprint density at radius 2 is 2.24 bits per heavy atom. The number of ether oxygens (including phenoxy) is 1. The van der Waals surface area contributed by atoms with Crippen LogP contribution in [0.2, 0.25) is 5.02 Å². The van der Waals surface area contributed by atoms with E-state index in [1.807, 2.05) is 0 Å². The van der Waals surface area contributed by atoms with Crippen molar-refractivity contribution in [3.63, 3.8) is 0 Å².